The van der Waals surface area contributed by atoms with Crippen LogP contribution in [0.1, 0.15) is 47.1 Å². The minimum absolute atomic E-state index is 0.656. The van der Waals surface area contributed by atoms with Crippen molar-refractivity contribution in [1.29, 1.82) is 0 Å². The molecule has 2 heteroatoms. The van der Waals surface area contributed by atoms with Crippen molar-refractivity contribution in [3.05, 3.63) is 34.9 Å². The monoisotopic (exact) mass is 291 g/mol. The fraction of sp³-hybridized carbons (Fsp3) is 0.529. The Morgan fingerprint density at radius 3 is 1.95 bits per heavy atom. The average molecular weight is 292 g/mol. The fourth-order valence-electron chi connectivity index (χ4n) is 3.13. The highest BCUT2D eigenvalue weighted by molar-refractivity contribution is 6.90. The topological polar surface area (TPSA) is 0 Å². The molecule has 19 heavy (non-hydrogen) atoms. The summed E-state index contributed by atoms with van der Waals surface area (Å²) in [6.45, 7) is 13.9. The molecular weight excluding hydrogens is 268 g/mol. The molecule has 0 unspecified atom stereocenters. The first-order valence-electron chi connectivity index (χ1n) is 7.00. The third-order valence-corrected chi connectivity index (χ3v) is 10.6. The van der Waals surface area contributed by atoms with Crippen molar-refractivity contribution >= 4 is 19.7 Å². The molecule has 0 nitrogen and oxygen atoms in total. The molecule has 0 spiro atoms. The van der Waals surface area contributed by atoms with E-state index in [-0.39, 0.29) is 0 Å². The molecule has 0 bridgehead atoms. The number of hydrogen-bond acceptors (Lipinski definition) is 0. The Hall–Kier alpha value is -0.713. The van der Waals surface area contributed by atoms with Crippen LogP contribution in [0.5, 0.6) is 0 Å². The highest BCUT2D eigenvalue weighted by Gasteiger charge is 2.41. The second kappa shape index (κ2) is 6.64. The molecule has 0 saturated heterocycles. The van der Waals surface area contributed by atoms with E-state index in [0.717, 1.165) is 5.56 Å². The zero-order valence-corrected chi connectivity index (χ0v) is 14.6. The van der Waals surface area contributed by atoms with Crippen LogP contribution in [0.25, 0.3) is 0 Å². The van der Waals surface area contributed by atoms with Gasteiger partial charge in [0.05, 0.1) is 0 Å². The van der Waals surface area contributed by atoms with Gasteiger partial charge < -0.3 is 0 Å². The van der Waals surface area contributed by atoms with E-state index in [4.69, 9.17) is 11.6 Å². The molecule has 0 aliphatic heterocycles. The van der Waals surface area contributed by atoms with Gasteiger partial charge in [0.25, 0.3) is 0 Å². The molecule has 0 saturated carbocycles. The molecule has 0 aliphatic rings. The van der Waals surface area contributed by atoms with Gasteiger partial charge in [0.1, 0.15) is 8.07 Å². The first kappa shape index (κ1) is 16.3. The summed E-state index contributed by atoms with van der Waals surface area (Å²) >= 11 is 5.99. The molecule has 0 atom stereocenters. The predicted molar refractivity (Wildman–Crippen MR) is 88.2 cm³/mol. The maximum atomic E-state index is 5.99. The SMILES string of the molecule is CC(C)[Si](C#Cc1c[c]cc(Cl)c1)(C(C)C)C(C)C. The number of halogens is 1. The summed E-state index contributed by atoms with van der Waals surface area (Å²) in [5.74, 6) is 3.37. The van der Waals surface area contributed by atoms with Crippen LogP contribution in [0.15, 0.2) is 18.2 Å². The lowest BCUT2D eigenvalue weighted by atomic mass is 10.2. The van der Waals surface area contributed by atoms with Crippen molar-refractivity contribution in [2.24, 2.45) is 0 Å². The Kier molecular flexibility index (Phi) is 5.71. The van der Waals surface area contributed by atoms with Crippen LogP contribution in [-0.2, 0) is 0 Å². The van der Waals surface area contributed by atoms with Gasteiger partial charge in [0.15, 0.2) is 0 Å². The van der Waals surface area contributed by atoms with Crippen molar-refractivity contribution in [3.8, 4) is 11.5 Å². The Balaban J connectivity index is 3.23. The summed E-state index contributed by atoms with van der Waals surface area (Å²) in [6.07, 6.45) is 0. The second-order valence-electron chi connectivity index (χ2n) is 6.09. The Labute approximate surface area is 124 Å². The predicted octanol–water partition coefficient (Wildman–Crippen LogP) is 5.71. The van der Waals surface area contributed by atoms with Gasteiger partial charge >= 0.3 is 0 Å². The van der Waals surface area contributed by atoms with E-state index >= 15 is 0 Å². The van der Waals surface area contributed by atoms with Crippen molar-refractivity contribution in [3.63, 3.8) is 0 Å². The van der Waals surface area contributed by atoms with Crippen LogP contribution in [0.2, 0.25) is 21.6 Å². The lowest BCUT2D eigenvalue weighted by Crippen LogP contribution is -2.43. The van der Waals surface area contributed by atoms with Crippen LogP contribution in [0, 0.1) is 17.5 Å². The quantitative estimate of drug-likeness (QED) is 0.494. The highest BCUT2D eigenvalue weighted by atomic mass is 35.5. The van der Waals surface area contributed by atoms with E-state index in [9.17, 15) is 0 Å². The second-order valence-corrected chi connectivity index (χ2v) is 12.1. The third kappa shape index (κ3) is 3.65. The maximum Gasteiger partial charge on any atom is 0.146 e. The van der Waals surface area contributed by atoms with Crippen molar-refractivity contribution in [2.45, 2.75) is 58.2 Å². The summed E-state index contributed by atoms with van der Waals surface area (Å²) in [4.78, 5) is 0. The minimum atomic E-state index is -1.65. The molecule has 1 aromatic rings. The van der Waals surface area contributed by atoms with E-state index < -0.39 is 8.07 Å². The van der Waals surface area contributed by atoms with Gasteiger partial charge in [0, 0.05) is 10.6 Å². The lowest BCUT2D eigenvalue weighted by Gasteiger charge is -2.38. The number of rotatable bonds is 3. The van der Waals surface area contributed by atoms with Gasteiger partial charge in [-0.1, -0.05) is 59.1 Å². The molecule has 0 N–H and O–H groups in total. The Morgan fingerprint density at radius 1 is 1.00 bits per heavy atom. The summed E-state index contributed by atoms with van der Waals surface area (Å²) in [5, 5.41) is 0.706. The first-order chi connectivity index (χ1) is 8.80. The van der Waals surface area contributed by atoms with Crippen LogP contribution in [-0.4, -0.2) is 8.07 Å². The highest BCUT2D eigenvalue weighted by Crippen LogP contribution is 2.40. The molecular formula is C17H24ClSi. The van der Waals surface area contributed by atoms with Crippen LogP contribution in [0.3, 0.4) is 0 Å². The summed E-state index contributed by atoms with van der Waals surface area (Å²) in [5.41, 5.74) is 6.63. The van der Waals surface area contributed by atoms with Crippen LogP contribution < -0.4 is 0 Å². The Morgan fingerprint density at radius 2 is 1.53 bits per heavy atom. The van der Waals surface area contributed by atoms with Crippen LogP contribution in [0.4, 0.5) is 0 Å². The molecule has 1 aromatic carbocycles. The van der Waals surface area contributed by atoms with Crippen molar-refractivity contribution in [2.75, 3.05) is 0 Å². The number of hydrogen-bond donors (Lipinski definition) is 0. The van der Waals surface area contributed by atoms with Gasteiger partial charge in [-0.05, 0) is 40.9 Å². The molecule has 1 radical (unpaired) electrons. The van der Waals surface area contributed by atoms with E-state index in [1.54, 1.807) is 6.07 Å². The number of benzene rings is 1. The summed E-state index contributed by atoms with van der Waals surface area (Å²) in [6, 6.07) is 8.64. The fourth-order valence-corrected chi connectivity index (χ4v) is 8.54. The van der Waals surface area contributed by atoms with Gasteiger partial charge in [0.2, 0.25) is 0 Å². The normalized spacial score (nSPS) is 11.9. The molecule has 0 fully saturated rings. The molecule has 0 heterocycles. The van der Waals surface area contributed by atoms with E-state index in [2.05, 4.69) is 59.1 Å². The van der Waals surface area contributed by atoms with E-state index in [1.807, 2.05) is 12.1 Å². The van der Waals surface area contributed by atoms with Gasteiger partial charge in [-0.2, -0.15) is 0 Å². The molecule has 0 aromatic heterocycles. The smallest absolute Gasteiger partial charge is 0.125 e. The van der Waals surface area contributed by atoms with Crippen molar-refractivity contribution < 1.29 is 0 Å². The van der Waals surface area contributed by atoms with Crippen molar-refractivity contribution in [1.82, 2.24) is 0 Å². The van der Waals surface area contributed by atoms with Gasteiger partial charge in [-0.15, -0.1) is 5.54 Å². The zero-order chi connectivity index (χ0) is 14.6. The maximum absolute atomic E-state index is 5.99. The Bertz CT molecular complexity index is 456. The lowest BCUT2D eigenvalue weighted by molar-refractivity contribution is 0.838. The van der Waals surface area contributed by atoms with Gasteiger partial charge in [-0.3, -0.25) is 0 Å². The largest absolute Gasteiger partial charge is 0.146 e. The third-order valence-electron chi connectivity index (χ3n) is 4.04. The average Bonchev–Trinajstić information content (AvgIpc) is 2.28. The van der Waals surface area contributed by atoms with Gasteiger partial charge in [-0.25, -0.2) is 0 Å². The summed E-state index contributed by atoms with van der Waals surface area (Å²) in [7, 11) is -1.65. The van der Waals surface area contributed by atoms with Crippen LogP contribution >= 0.6 is 11.6 Å². The first-order valence-corrected chi connectivity index (χ1v) is 9.61. The minimum Gasteiger partial charge on any atom is -0.125 e. The molecule has 103 valence electrons. The summed E-state index contributed by atoms with van der Waals surface area (Å²) < 4.78 is 0. The van der Waals surface area contributed by atoms with E-state index in [0.29, 0.717) is 21.6 Å². The molecule has 0 aliphatic carbocycles. The molecule has 1 rings (SSSR count). The zero-order valence-electron chi connectivity index (χ0n) is 12.8. The van der Waals surface area contributed by atoms with E-state index in [1.165, 1.54) is 0 Å². The molecule has 0 amide bonds. The standard InChI is InChI=1S/C17H24ClSi/c1-13(2)19(14(3)4,15(5)6)11-10-16-8-7-9-17(18)12-16/h8-9,12-15H,1-6H3.